The Hall–Kier alpha value is -1.26. The van der Waals surface area contributed by atoms with Crippen molar-refractivity contribution in [1.82, 2.24) is 10.6 Å². The molecule has 0 radical (unpaired) electrons. The SMILES string of the molecule is CCNC(=NCc1ccc2c(c1)OCO2)NCC1COCCO1.I. The van der Waals surface area contributed by atoms with E-state index in [2.05, 4.69) is 15.6 Å². The van der Waals surface area contributed by atoms with Gasteiger partial charge in [0.05, 0.1) is 32.5 Å². The summed E-state index contributed by atoms with van der Waals surface area (Å²) in [5.41, 5.74) is 1.07. The molecule has 2 heterocycles. The average molecular weight is 449 g/mol. The molecular formula is C16H24IN3O4. The van der Waals surface area contributed by atoms with Crippen molar-refractivity contribution in [2.24, 2.45) is 4.99 Å². The smallest absolute Gasteiger partial charge is 0.231 e. The Morgan fingerprint density at radius 1 is 1.21 bits per heavy atom. The van der Waals surface area contributed by atoms with Crippen LogP contribution in [0, 0.1) is 0 Å². The Bertz CT molecular complexity index is 550. The van der Waals surface area contributed by atoms with Crippen molar-refractivity contribution in [1.29, 1.82) is 0 Å². The average Bonchev–Trinajstić information content (AvgIpc) is 3.06. The van der Waals surface area contributed by atoms with Gasteiger partial charge in [-0.25, -0.2) is 4.99 Å². The first kappa shape index (κ1) is 19.1. The Kier molecular flexibility index (Phi) is 7.86. The summed E-state index contributed by atoms with van der Waals surface area (Å²) in [7, 11) is 0. The highest BCUT2D eigenvalue weighted by Crippen LogP contribution is 2.32. The maximum absolute atomic E-state index is 5.62. The molecular weight excluding hydrogens is 425 g/mol. The largest absolute Gasteiger partial charge is 0.454 e. The van der Waals surface area contributed by atoms with Crippen LogP contribution in [0.25, 0.3) is 0 Å². The first-order valence-corrected chi connectivity index (χ1v) is 7.95. The van der Waals surface area contributed by atoms with E-state index in [0.29, 0.717) is 32.9 Å². The Balaban J connectivity index is 0.00000208. The lowest BCUT2D eigenvalue weighted by Gasteiger charge is -2.24. The second-order valence-corrected chi connectivity index (χ2v) is 5.33. The van der Waals surface area contributed by atoms with Crippen LogP contribution in [0.15, 0.2) is 23.2 Å². The van der Waals surface area contributed by atoms with E-state index >= 15 is 0 Å². The van der Waals surface area contributed by atoms with Crippen molar-refractivity contribution in [3.63, 3.8) is 0 Å². The number of nitrogens with zero attached hydrogens (tertiary/aromatic N) is 1. The van der Waals surface area contributed by atoms with Crippen LogP contribution in [-0.2, 0) is 16.0 Å². The van der Waals surface area contributed by atoms with Crippen LogP contribution in [0.3, 0.4) is 0 Å². The zero-order chi connectivity index (χ0) is 15.9. The molecule has 0 aromatic heterocycles. The van der Waals surface area contributed by atoms with E-state index < -0.39 is 0 Å². The fraction of sp³-hybridized carbons (Fsp3) is 0.562. The summed E-state index contributed by atoms with van der Waals surface area (Å²) in [5, 5.41) is 6.52. The number of guanidine groups is 1. The predicted molar refractivity (Wildman–Crippen MR) is 101 cm³/mol. The van der Waals surface area contributed by atoms with Crippen molar-refractivity contribution in [2.45, 2.75) is 19.6 Å². The summed E-state index contributed by atoms with van der Waals surface area (Å²) in [6.45, 7) is 6.31. The van der Waals surface area contributed by atoms with Gasteiger partial charge in [-0.1, -0.05) is 6.07 Å². The predicted octanol–water partition coefficient (Wildman–Crippen LogP) is 1.50. The lowest BCUT2D eigenvalue weighted by atomic mass is 10.2. The molecule has 2 aliphatic heterocycles. The normalized spacial score (nSPS) is 19.5. The van der Waals surface area contributed by atoms with E-state index in [1.54, 1.807) is 0 Å². The van der Waals surface area contributed by atoms with Gasteiger partial charge in [0.25, 0.3) is 0 Å². The van der Waals surface area contributed by atoms with Crippen molar-refractivity contribution < 1.29 is 18.9 Å². The monoisotopic (exact) mass is 449 g/mol. The molecule has 0 spiro atoms. The number of hydrogen-bond acceptors (Lipinski definition) is 5. The van der Waals surface area contributed by atoms with E-state index in [1.807, 2.05) is 25.1 Å². The molecule has 1 aromatic rings. The summed E-state index contributed by atoms with van der Waals surface area (Å²) in [4.78, 5) is 4.60. The molecule has 1 fully saturated rings. The molecule has 2 aliphatic rings. The summed E-state index contributed by atoms with van der Waals surface area (Å²) < 4.78 is 21.7. The first-order valence-electron chi connectivity index (χ1n) is 7.95. The summed E-state index contributed by atoms with van der Waals surface area (Å²) >= 11 is 0. The van der Waals surface area contributed by atoms with E-state index in [-0.39, 0.29) is 36.9 Å². The highest BCUT2D eigenvalue weighted by atomic mass is 127. The van der Waals surface area contributed by atoms with Crippen molar-refractivity contribution >= 4 is 29.9 Å². The van der Waals surface area contributed by atoms with E-state index in [1.165, 1.54) is 0 Å². The van der Waals surface area contributed by atoms with E-state index in [0.717, 1.165) is 29.6 Å². The van der Waals surface area contributed by atoms with Gasteiger partial charge in [0.2, 0.25) is 6.79 Å². The number of halogens is 1. The highest BCUT2D eigenvalue weighted by molar-refractivity contribution is 14.0. The lowest BCUT2D eigenvalue weighted by Crippen LogP contribution is -2.44. The van der Waals surface area contributed by atoms with Crippen LogP contribution >= 0.6 is 24.0 Å². The fourth-order valence-electron chi connectivity index (χ4n) is 2.42. The molecule has 24 heavy (non-hydrogen) atoms. The van der Waals surface area contributed by atoms with Crippen LogP contribution in [0.2, 0.25) is 0 Å². The summed E-state index contributed by atoms with van der Waals surface area (Å²) in [6.07, 6.45) is 0.0677. The minimum Gasteiger partial charge on any atom is -0.454 e. The number of hydrogen-bond donors (Lipinski definition) is 2. The third kappa shape index (κ3) is 5.38. The third-order valence-electron chi connectivity index (χ3n) is 3.58. The van der Waals surface area contributed by atoms with E-state index in [4.69, 9.17) is 18.9 Å². The van der Waals surface area contributed by atoms with Crippen LogP contribution < -0.4 is 20.1 Å². The minimum absolute atomic E-state index is 0. The molecule has 1 aromatic carbocycles. The third-order valence-corrected chi connectivity index (χ3v) is 3.58. The zero-order valence-electron chi connectivity index (χ0n) is 13.7. The van der Waals surface area contributed by atoms with Gasteiger partial charge in [0.15, 0.2) is 17.5 Å². The number of ether oxygens (including phenoxy) is 4. The number of nitrogens with one attached hydrogen (secondary N) is 2. The van der Waals surface area contributed by atoms with Gasteiger partial charge >= 0.3 is 0 Å². The van der Waals surface area contributed by atoms with E-state index in [9.17, 15) is 0 Å². The second kappa shape index (κ2) is 9.90. The molecule has 134 valence electrons. The maximum Gasteiger partial charge on any atom is 0.231 e. The number of fused-ring (bicyclic) bond motifs is 1. The summed E-state index contributed by atoms with van der Waals surface area (Å²) in [6, 6.07) is 5.88. The van der Waals surface area contributed by atoms with Crippen molar-refractivity contribution in [3.8, 4) is 11.5 Å². The minimum atomic E-state index is 0. The molecule has 0 aliphatic carbocycles. The Morgan fingerprint density at radius 3 is 2.88 bits per heavy atom. The quantitative estimate of drug-likeness (QED) is 0.404. The second-order valence-electron chi connectivity index (χ2n) is 5.33. The molecule has 1 atom stereocenters. The fourth-order valence-corrected chi connectivity index (χ4v) is 2.42. The molecule has 0 amide bonds. The molecule has 2 N–H and O–H groups in total. The molecule has 3 rings (SSSR count). The lowest BCUT2D eigenvalue weighted by molar-refractivity contribution is -0.0850. The Labute approximate surface area is 159 Å². The topological polar surface area (TPSA) is 73.3 Å². The zero-order valence-corrected chi connectivity index (χ0v) is 16.1. The van der Waals surface area contributed by atoms with Crippen molar-refractivity contribution in [3.05, 3.63) is 23.8 Å². The molecule has 0 bridgehead atoms. The highest BCUT2D eigenvalue weighted by Gasteiger charge is 2.15. The first-order chi connectivity index (χ1) is 11.3. The maximum atomic E-state index is 5.62. The molecule has 1 unspecified atom stereocenters. The number of rotatable bonds is 5. The summed E-state index contributed by atoms with van der Waals surface area (Å²) in [5.74, 6) is 2.33. The van der Waals surface area contributed by atoms with Gasteiger partial charge in [-0.15, -0.1) is 24.0 Å². The van der Waals surface area contributed by atoms with Crippen LogP contribution in [0.1, 0.15) is 12.5 Å². The number of aliphatic imine (C=N–C) groups is 1. The van der Waals surface area contributed by atoms with Gasteiger partial charge < -0.3 is 29.6 Å². The molecule has 7 nitrogen and oxygen atoms in total. The van der Waals surface area contributed by atoms with Gasteiger partial charge in [-0.3, -0.25) is 0 Å². The molecule has 1 saturated heterocycles. The number of benzene rings is 1. The van der Waals surface area contributed by atoms with Gasteiger partial charge in [0.1, 0.15) is 0 Å². The van der Waals surface area contributed by atoms with Crippen LogP contribution in [0.5, 0.6) is 11.5 Å². The van der Waals surface area contributed by atoms with Gasteiger partial charge in [-0.2, -0.15) is 0 Å². The Morgan fingerprint density at radius 2 is 2.08 bits per heavy atom. The standard InChI is InChI=1S/C16H23N3O4.HI/c1-2-17-16(19-9-13-10-20-5-6-21-13)18-8-12-3-4-14-15(7-12)23-11-22-14;/h3-4,7,13H,2,5-6,8-11H2,1H3,(H2,17,18,19);1H. The van der Waals surface area contributed by atoms with Gasteiger partial charge in [-0.05, 0) is 24.6 Å². The van der Waals surface area contributed by atoms with Crippen LogP contribution in [-0.4, -0.2) is 51.8 Å². The van der Waals surface area contributed by atoms with Crippen LogP contribution in [0.4, 0.5) is 0 Å². The van der Waals surface area contributed by atoms with Crippen molar-refractivity contribution in [2.75, 3.05) is 39.7 Å². The van der Waals surface area contributed by atoms with Gasteiger partial charge in [0, 0.05) is 13.1 Å². The molecule has 0 saturated carbocycles. The molecule has 8 heteroatoms.